The summed E-state index contributed by atoms with van der Waals surface area (Å²) in [6.07, 6.45) is -1.63. The van der Waals surface area contributed by atoms with Crippen LogP contribution in [0.4, 0.5) is 13.2 Å². The van der Waals surface area contributed by atoms with Crippen LogP contribution in [0.2, 0.25) is 0 Å². The third-order valence-corrected chi connectivity index (χ3v) is 5.30. The molecule has 1 saturated heterocycles. The molecule has 0 aliphatic carbocycles. The van der Waals surface area contributed by atoms with Crippen molar-refractivity contribution in [2.75, 3.05) is 19.7 Å². The molecular formula is C14H20F3N3O3S. The largest absolute Gasteiger partial charge is 0.468 e. The van der Waals surface area contributed by atoms with E-state index in [-0.39, 0.29) is 18.0 Å². The topological polar surface area (TPSA) is 71.5 Å². The van der Waals surface area contributed by atoms with E-state index in [0.29, 0.717) is 19.0 Å². The lowest BCUT2D eigenvalue weighted by Crippen LogP contribution is -2.44. The maximum absolute atomic E-state index is 12.3. The summed E-state index contributed by atoms with van der Waals surface area (Å²) in [5, 5.41) is 0. The second kappa shape index (κ2) is 7.66. The third-order valence-electron chi connectivity index (χ3n) is 3.75. The van der Waals surface area contributed by atoms with E-state index in [0.717, 1.165) is 12.8 Å². The highest BCUT2D eigenvalue weighted by Crippen LogP contribution is 2.21. The van der Waals surface area contributed by atoms with Crippen molar-refractivity contribution in [2.24, 2.45) is 5.92 Å². The van der Waals surface area contributed by atoms with Gasteiger partial charge in [-0.1, -0.05) is 13.0 Å². The maximum atomic E-state index is 12.3. The van der Waals surface area contributed by atoms with Crippen LogP contribution in [-0.2, 0) is 16.8 Å². The number of pyridine rings is 1. The van der Waals surface area contributed by atoms with Crippen LogP contribution >= 0.6 is 0 Å². The van der Waals surface area contributed by atoms with Gasteiger partial charge in [-0.15, -0.1) is 0 Å². The SMILES string of the molecule is CC1CCN(S(=O)(=O)NCc2cccnc2OCC(F)(F)F)CC1. The lowest BCUT2D eigenvalue weighted by molar-refractivity contribution is -0.154. The van der Waals surface area contributed by atoms with Gasteiger partial charge in [0.1, 0.15) is 0 Å². The third kappa shape index (κ3) is 5.60. The number of aromatic nitrogens is 1. The van der Waals surface area contributed by atoms with Crippen LogP contribution in [0.3, 0.4) is 0 Å². The molecule has 1 N–H and O–H groups in total. The molecule has 2 rings (SSSR count). The average Bonchev–Trinajstić information content (AvgIpc) is 2.51. The molecule has 0 aromatic carbocycles. The van der Waals surface area contributed by atoms with Crippen molar-refractivity contribution in [2.45, 2.75) is 32.5 Å². The van der Waals surface area contributed by atoms with Crippen molar-refractivity contribution in [1.82, 2.24) is 14.0 Å². The zero-order valence-corrected chi connectivity index (χ0v) is 14.0. The van der Waals surface area contributed by atoms with E-state index in [2.05, 4.69) is 21.4 Å². The monoisotopic (exact) mass is 367 g/mol. The lowest BCUT2D eigenvalue weighted by atomic mass is 10.0. The van der Waals surface area contributed by atoms with Gasteiger partial charge in [0.05, 0.1) is 0 Å². The molecule has 0 unspecified atom stereocenters. The summed E-state index contributed by atoms with van der Waals surface area (Å²) in [6.45, 7) is 1.27. The molecule has 1 aliphatic rings. The highest BCUT2D eigenvalue weighted by Gasteiger charge is 2.29. The molecule has 1 aliphatic heterocycles. The molecule has 24 heavy (non-hydrogen) atoms. The van der Waals surface area contributed by atoms with Gasteiger partial charge in [-0.25, -0.2) is 4.98 Å². The molecule has 1 aromatic rings. The fraction of sp³-hybridized carbons (Fsp3) is 0.643. The van der Waals surface area contributed by atoms with Gasteiger partial charge in [0.25, 0.3) is 10.2 Å². The molecule has 1 fully saturated rings. The highest BCUT2D eigenvalue weighted by atomic mass is 32.2. The summed E-state index contributed by atoms with van der Waals surface area (Å²) in [5.74, 6) is 0.252. The van der Waals surface area contributed by atoms with Gasteiger partial charge in [0.15, 0.2) is 6.61 Å². The first-order valence-corrected chi connectivity index (χ1v) is 8.99. The Bertz CT molecular complexity index is 644. The first-order valence-electron chi connectivity index (χ1n) is 7.55. The number of hydrogen-bond donors (Lipinski definition) is 1. The van der Waals surface area contributed by atoms with Crippen LogP contribution in [-0.4, -0.2) is 43.6 Å². The minimum Gasteiger partial charge on any atom is -0.468 e. The molecular weight excluding hydrogens is 347 g/mol. The van der Waals surface area contributed by atoms with Crippen molar-refractivity contribution < 1.29 is 26.3 Å². The zero-order valence-electron chi connectivity index (χ0n) is 13.2. The summed E-state index contributed by atoms with van der Waals surface area (Å²) in [7, 11) is -3.69. The molecule has 6 nitrogen and oxygen atoms in total. The molecule has 0 bridgehead atoms. The highest BCUT2D eigenvalue weighted by molar-refractivity contribution is 7.87. The van der Waals surface area contributed by atoms with E-state index < -0.39 is 23.0 Å². The van der Waals surface area contributed by atoms with E-state index in [4.69, 9.17) is 0 Å². The minimum atomic E-state index is -4.49. The zero-order chi connectivity index (χ0) is 17.8. The molecule has 1 aromatic heterocycles. The Hall–Kier alpha value is -1.39. The minimum absolute atomic E-state index is 0.185. The summed E-state index contributed by atoms with van der Waals surface area (Å²) in [4.78, 5) is 3.73. The van der Waals surface area contributed by atoms with Crippen LogP contribution in [0.25, 0.3) is 0 Å². The lowest BCUT2D eigenvalue weighted by Gasteiger charge is -2.29. The molecule has 0 saturated carbocycles. The summed E-state index contributed by atoms with van der Waals surface area (Å²) in [6, 6.07) is 2.98. The van der Waals surface area contributed by atoms with Gasteiger partial charge < -0.3 is 4.74 Å². The van der Waals surface area contributed by atoms with Gasteiger partial charge in [0, 0.05) is 31.4 Å². The second-order valence-corrected chi connectivity index (χ2v) is 7.53. The van der Waals surface area contributed by atoms with E-state index in [1.165, 1.54) is 22.6 Å². The van der Waals surface area contributed by atoms with Crippen LogP contribution < -0.4 is 9.46 Å². The maximum Gasteiger partial charge on any atom is 0.422 e. The predicted octanol–water partition coefficient (Wildman–Crippen LogP) is 2.09. The first-order chi connectivity index (χ1) is 11.2. The number of piperidine rings is 1. The van der Waals surface area contributed by atoms with Gasteiger partial charge in [-0.3, -0.25) is 0 Å². The van der Waals surface area contributed by atoms with Gasteiger partial charge in [0.2, 0.25) is 5.88 Å². The van der Waals surface area contributed by atoms with Crippen molar-refractivity contribution in [3.05, 3.63) is 23.9 Å². The van der Waals surface area contributed by atoms with E-state index in [1.54, 1.807) is 0 Å². The number of alkyl halides is 3. The van der Waals surface area contributed by atoms with Gasteiger partial charge >= 0.3 is 6.18 Å². The average molecular weight is 367 g/mol. The molecule has 0 spiro atoms. The summed E-state index contributed by atoms with van der Waals surface area (Å²) >= 11 is 0. The molecule has 0 radical (unpaired) electrons. The Morgan fingerprint density at radius 3 is 2.67 bits per heavy atom. The molecule has 0 amide bonds. The van der Waals surface area contributed by atoms with Crippen LogP contribution in [0, 0.1) is 5.92 Å². The first kappa shape index (κ1) is 18.9. The fourth-order valence-corrected chi connectivity index (χ4v) is 3.54. The van der Waals surface area contributed by atoms with Crippen molar-refractivity contribution >= 4 is 10.2 Å². The Morgan fingerprint density at radius 1 is 1.38 bits per heavy atom. The van der Waals surface area contributed by atoms with Crippen LogP contribution in [0.1, 0.15) is 25.3 Å². The van der Waals surface area contributed by atoms with Crippen molar-refractivity contribution in [3.63, 3.8) is 0 Å². The van der Waals surface area contributed by atoms with Crippen LogP contribution in [0.5, 0.6) is 5.88 Å². The quantitative estimate of drug-likeness (QED) is 0.836. The molecule has 2 heterocycles. The number of hydrogen-bond acceptors (Lipinski definition) is 4. The Kier molecular flexibility index (Phi) is 6.05. The van der Waals surface area contributed by atoms with Crippen LogP contribution in [0.15, 0.2) is 18.3 Å². The van der Waals surface area contributed by atoms with Crippen molar-refractivity contribution in [3.8, 4) is 5.88 Å². The number of halogens is 3. The number of nitrogens with zero attached hydrogens (tertiary/aromatic N) is 2. The molecule has 0 atom stereocenters. The van der Waals surface area contributed by atoms with Gasteiger partial charge in [-0.2, -0.15) is 30.6 Å². The predicted molar refractivity (Wildman–Crippen MR) is 81.5 cm³/mol. The van der Waals surface area contributed by atoms with E-state index in [9.17, 15) is 21.6 Å². The molecule has 136 valence electrons. The van der Waals surface area contributed by atoms with Gasteiger partial charge in [-0.05, 0) is 24.8 Å². The second-order valence-electron chi connectivity index (χ2n) is 5.78. The Labute approximate surface area is 139 Å². The normalized spacial score (nSPS) is 17.8. The summed E-state index contributed by atoms with van der Waals surface area (Å²) in [5.41, 5.74) is 0.246. The number of ether oxygens (including phenoxy) is 1. The number of rotatable bonds is 6. The van der Waals surface area contributed by atoms with E-state index in [1.807, 2.05) is 0 Å². The van der Waals surface area contributed by atoms with Crippen molar-refractivity contribution in [1.29, 1.82) is 0 Å². The molecule has 10 heteroatoms. The van der Waals surface area contributed by atoms with E-state index >= 15 is 0 Å². The standard InChI is InChI=1S/C14H20F3N3O3S/c1-11-4-7-20(8-5-11)24(21,22)19-9-12-3-2-6-18-13(12)23-10-14(15,16)17/h2-3,6,11,19H,4-5,7-10H2,1H3. The Balaban J connectivity index is 1.98. The smallest absolute Gasteiger partial charge is 0.422 e. The summed E-state index contributed by atoms with van der Waals surface area (Å²) < 4.78 is 69.7. The fourth-order valence-electron chi connectivity index (χ4n) is 2.32. The Morgan fingerprint density at radius 2 is 2.04 bits per heavy atom. The number of nitrogens with one attached hydrogen (secondary N) is 1.